The number of hydrogen-bond acceptors (Lipinski definition) is 1. The molecule has 0 fully saturated rings. The van der Waals surface area contributed by atoms with Crippen LogP contribution in [0.1, 0.15) is 41.0 Å². The van der Waals surface area contributed by atoms with Crippen molar-refractivity contribution in [2.75, 3.05) is 6.61 Å². The summed E-state index contributed by atoms with van der Waals surface area (Å²) in [6.07, 6.45) is 0.797. The van der Waals surface area contributed by atoms with E-state index >= 15 is 0 Å². The minimum Gasteiger partial charge on any atom is -0.392 e. The van der Waals surface area contributed by atoms with Gasteiger partial charge in [0.05, 0.1) is 6.61 Å². The molecule has 1 aliphatic carbocycles. The fraction of sp³-hybridized carbons (Fsp3) is 0.263. The number of rotatable bonds is 2. The monoisotopic (exact) mass is 282 g/mol. The quantitative estimate of drug-likeness (QED) is 0.820. The second-order valence-electron chi connectivity index (χ2n) is 5.80. The molecular formula is C19H19FO. The van der Waals surface area contributed by atoms with Crippen molar-refractivity contribution < 1.29 is 9.50 Å². The summed E-state index contributed by atoms with van der Waals surface area (Å²) in [6.45, 7) is 6.08. The van der Waals surface area contributed by atoms with Gasteiger partial charge >= 0.3 is 0 Å². The minimum absolute atomic E-state index is 0.0225. The second-order valence-corrected chi connectivity index (χ2v) is 5.80. The lowest BCUT2D eigenvalue weighted by atomic mass is 9.78. The highest BCUT2D eigenvalue weighted by atomic mass is 19.1. The van der Waals surface area contributed by atoms with Crippen LogP contribution in [-0.4, -0.2) is 11.7 Å². The van der Waals surface area contributed by atoms with Crippen LogP contribution in [0.5, 0.6) is 0 Å². The van der Waals surface area contributed by atoms with Crippen LogP contribution < -0.4 is 0 Å². The van der Waals surface area contributed by atoms with Gasteiger partial charge in [-0.25, -0.2) is 4.39 Å². The second kappa shape index (κ2) is 5.45. The summed E-state index contributed by atoms with van der Waals surface area (Å²) >= 11 is 0. The zero-order valence-electron chi connectivity index (χ0n) is 12.1. The largest absolute Gasteiger partial charge is 0.392 e. The van der Waals surface area contributed by atoms with Crippen LogP contribution >= 0.6 is 0 Å². The van der Waals surface area contributed by atoms with E-state index in [1.54, 1.807) is 6.07 Å². The number of aliphatic hydroxyl groups excluding tert-OH is 1. The Hall–Kier alpha value is -1.93. The molecule has 0 amide bonds. The Morgan fingerprint density at radius 2 is 1.90 bits per heavy atom. The van der Waals surface area contributed by atoms with Crippen LogP contribution in [0.25, 0.3) is 0 Å². The highest BCUT2D eigenvalue weighted by molar-refractivity contribution is 5.48. The molecule has 1 N–H and O–H groups in total. The van der Waals surface area contributed by atoms with Crippen LogP contribution in [0.4, 0.5) is 4.39 Å². The molecule has 0 heterocycles. The van der Waals surface area contributed by atoms with Crippen molar-refractivity contribution in [1.82, 2.24) is 0 Å². The first-order chi connectivity index (χ1) is 10.1. The first-order valence-corrected chi connectivity index (χ1v) is 7.26. The maximum Gasteiger partial charge on any atom is 0.123 e. The van der Waals surface area contributed by atoms with Crippen molar-refractivity contribution in [3.8, 4) is 0 Å². The van der Waals surface area contributed by atoms with Gasteiger partial charge in [-0.15, -0.1) is 0 Å². The molecule has 21 heavy (non-hydrogen) atoms. The fourth-order valence-electron chi connectivity index (χ4n) is 3.48. The number of fused-ring (bicyclic) bond motifs is 2. The van der Waals surface area contributed by atoms with Gasteiger partial charge in [0.15, 0.2) is 0 Å². The Balaban J connectivity index is 2.22. The topological polar surface area (TPSA) is 20.2 Å². The van der Waals surface area contributed by atoms with Gasteiger partial charge in [-0.2, -0.15) is 0 Å². The lowest BCUT2D eigenvalue weighted by Gasteiger charge is -2.26. The van der Waals surface area contributed by atoms with Crippen LogP contribution in [0, 0.1) is 5.82 Å². The van der Waals surface area contributed by atoms with Crippen molar-refractivity contribution in [2.24, 2.45) is 0 Å². The van der Waals surface area contributed by atoms with Crippen molar-refractivity contribution >= 4 is 0 Å². The Kier molecular flexibility index (Phi) is 3.64. The van der Waals surface area contributed by atoms with E-state index in [4.69, 9.17) is 0 Å². The highest BCUT2D eigenvalue weighted by Gasteiger charge is 2.30. The maximum absolute atomic E-state index is 13.7. The Morgan fingerprint density at radius 3 is 2.67 bits per heavy atom. The zero-order chi connectivity index (χ0) is 15.0. The molecule has 1 aliphatic rings. The molecule has 2 aromatic carbocycles. The minimum atomic E-state index is -0.208. The Morgan fingerprint density at radius 1 is 1.19 bits per heavy atom. The van der Waals surface area contributed by atoms with Crippen LogP contribution in [0.15, 0.2) is 54.6 Å². The van der Waals surface area contributed by atoms with Crippen molar-refractivity contribution in [3.05, 3.63) is 82.7 Å². The molecule has 2 atom stereocenters. The Labute approximate surface area is 124 Å². The summed E-state index contributed by atoms with van der Waals surface area (Å²) in [4.78, 5) is 0. The molecule has 0 aliphatic heterocycles. The third-order valence-corrected chi connectivity index (χ3v) is 4.51. The summed E-state index contributed by atoms with van der Waals surface area (Å²) in [5.74, 6) is -0.0897. The van der Waals surface area contributed by atoms with E-state index in [1.807, 2.05) is 18.2 Å². The SMILES string of the molecule is C=C(CO)[C@@H]1c2ccccc2Cc2ccc(F)cc2[C@@H]1C. The maximum atomic E-state index is 13.7. The standard InChI is InChI=1S/C19H19FO/c1-12(11-21)19-13(2)18-10-16(20)8-7-15(18)9-14-5-3-4-6-17(14)19/h3-8,10,13,19,21H,1,9,11H2,2H3/t13-,19-/m0/s1. The molecule has 0 aromatic heterocycles. The first-order valence-electron chi connectivity index (χ1n) is 7.26. The van der Waals surface area contributed by atoms with Gasteiger partial charge in [0.2, 0.25) is 0 Å². The van der Waals surface area contributed by atoms with Gasteiger partial charge in [0.1, 0.15) is 5.82 Å². The van der Waals surface area contributed by atoms with Crippen LogP contribution in [0.3, 0.4) is 0 Å². The third-order valence-electron chi connectivity index (χ3n) is 4.51. The average molecular weight is 282 g/mol. The van der Waals surface area contributed by atoms with Crippen molar-refractivity contribution in [1.29, 1.82) is 0 Å². The lowest BCUT2D eigenvalue weighted by molar-refractivity contribution is 0.319. The normalized spacial score (nSPS) is 20.3. The molecule has 0 radical (unpaired) electrons. The van der Waals surface area contributed by atoms with Crippen molar-refractivity contribution in [3.63, 3.8) is 0 Å². The summed E-state index contributed by atoms with van der Waals surface area (Å²) < 4.78 is 13.7. The van der Waals surface area contributed by atoms with Gasteiger partial charge in [-0.05, 0) is 52.3 Å². The highest BCUT2D eigenvalue weighted by Crippen LogP contribution is 2.43. The smallest absolute Gasteiger partial charge is 0.123 e. The molecule has 2 heteroatoms. The number of benzene rings is 2. The predicted octanol–water partition coefficient (Wildman–Crippen LogP) is 4.17. The molecule has 3 rings (SSSR count). The Bertz CT molecular complexity index is 690. The van der Waals surface area contributed by atoms with Crippen molar-refractivity contribution in [2.45, 2.75) is 25.2 Å². The number of aliphatic hydroxyl groups is 1. The summed E-state index contributed by atoms with van der Waals surface area (Å²) in [7, 11) is 0. The van der Waals surface area contributed by atoms with E-state index in [0.717, 1.165) is 23.1 Å². The van der Waals surface area contributed by atoms with Gasteiger partial charge in [-0.3, -0.25) is 0 Å². The van der Waals surface area contributed by atoms with E-state index in [-0.39, 0.29) is 24.3 Å². The van der Waals surface area contributed by atoms with Crippen LogP contribution in [-0.2, 0) is 6.42 Å². The van der Waals surface area contributed by atoms with Gasteiger partial charge in [-0.1, -0.05) is 43.8 Å². The van der Waals surface area contributed by atoms with Gasteiger partial charge in [0.25, 0.3) is 0 Å². The average Bonchev–Trinajstić information content (AvgIpc) is 2.61. The third kappa shape index (κ3) is 2.40. The predicted molar refractivity (Wildman–Crippen MR) is 83.0 cm³/mol. The van der Waals surface area contributed by atoms with Gasteiger partial charge in [0, 0.05) is 5.92 Å². The molecule has 0 saturated heterocycles. The molecule has 0 bridgehead atoms. The van der Waals surface area contributed by atoms with E-state index in [1.165, 1.54) is 17.2 Å². The van der Waals surface area contributed by atoms with E-state index in [0.29, 0.717) is 0 Å². The summed E-state index contributed by atoms with van der Waals surface area (Å²) in [5, 5.41) is 9.55. The van der Waals surface area contributed by atoms with Crippen LogP contribution in [0.2, 0.25) is 0 Å². The molecule has 0 saturated carbocycles. The number of hydrogen-bond donors (Lipinski definition) is 1. The zero-order valence-corrected chi connectivity index (χ0v) is 12.1. The van der Waals surface area contributed by atoms with Gasteiger partial charge < -0.3 is 5.11 Å². The van der Waals surface area contributed by atoms with E-state index < -0.39 is 0 Å². The molecule has 1 nitrogen and oxygen atoms in total. The molecular weight excluding hydrogens is 263 g/mol. The summed E-state index contributed by atoms with van der Waals surface area (Å²) in [6, 6.07) is 13.3. The summed E-state index contributed by atoms with van der Waals surface area (Å²) in [5.41, 5.74) is 5.39. The molecule has 2 aromatic rings. The first kappa shape index (κ1) is 14.0. The number of halogens is 1. The van der Waals surface area contributed by atoms with E-state index in [2.05, 4.69) is 25.6 Å². The van der Waals surface area contributed by atoms with E-state index in [9.17, 15) is 9.50 Å². The fourth-order valence-corrected chi connectivity index (χ4v) is 3.48. The molecule has 0 unspecified atom stereocenters. The molecule has 108 valence electrons. The lowest BCUT2D eigenvalue weighted by Crippen LogP contribution is -2.13. The molecule has 0 spiro atoms.